The zero-order valence-electron chi connectivity index (χ0n) is 18.6. The fraction of sp³-hybridized carbons (Fsp3) is 0.435. The third-order valence-electron chi connectivity index (χ3n) is 7.05. The molecule has 1 spiro atoms. The summed E-state index contributed by atoms with van der Waals surface area (Å²) in [5.74, 6) is 0.241. The second-order valence-corrected chi connectivity index (χ2v) is 11.5. The molecule has 0 saturated heterocycles. The summed E-state index contributed by atoms with van der Waals surface area (Å²) >= 11 is 0. The molecule has 2 heterocycles. The highest BCUT2D eigenvalue weighted by atomic mass is 32.2. The number of H-pyrrole nitrogens is 1. The Bertz CT molecular complexity index is 1410. The number of nitrogens with zero attached hydrogens (tertiary/aromatic N) is 4. The molecule has 0 aliphatic heterocycles. The molecule has 5 rings (SSSR count). The summed E-state index contributed by atoms with van der Waals surface area (Å²) in [6.07, 6.45) is 6.81. The molecule has 2 atom stereocenters. The van der Waals surface area contributed by atoms with Gasteiger partial charge in [0.05, 0.1) is 28.4 Å². The topological polar surface area (TPSA) is 124 Å². The summed E-state index contributed by atoms with van der Waals surface area (Å²) in [5.41, 5.74) is 1.37. The molecule has 2 saturated carbocycles. The van der Waals surface area contributed by atoms with Crippen molar-refractivity contribution < 1.29 is 8.42 Å². The first-order chi connectivity index (χ1) is 15.7. The van der Waals surface area contributed by atoms with Crippen molar-refractivity contribution in [3.63, 3.8) is 0 Å². The highest BCUT2D eigenvalue weighted by Gasteiger charge is 2.49. The van der Waals surface area contributed by atoms with E-state index in [1.807, 2.05) is 10.7 Å². The number of aromatic amines is 1. The molecular weight excluding hydrogens is 440 g/mol. The Morgan fingerprint density at radius 3 is 2.58 bits per heavy atom. The summed E-state index contributed by atoms with van der Waals surface area (Å²) in [7, 11) is -0.565. The molecule has 33 heavy (non-hydrogen) atoms. The van der Waals surface area contributed by atoms with E-state index in [1.54, 1.807) is 18.3 Å². The van der Waals surface area contributed by atoms with Crippen LogP contribution in [0.5, 0.6) is 0 Å². The maximum Gasteiger partial charge on any atom is 0.261 e. The van der Waals surface area contributed by atoms with Crippen LogP contribution in [-0.4, -0.2) is 41.6 Å². The molecule has 172 valence electrons. The molecule has 2 fully saturated rings. The molecule has 0 amide bonds. The van der Waals surface area contributed by atoms with E-state index >= 15 is 0 Å². The lowest BCUT2D eigenvalue weighted by Gasteiger charge is -2.33. The number of pyridine rings is 1. The van der Waals surface area contributed by atoms with Gasteiger partial charge >= 0.3 is 0 Å². The molecular formula is C23H26N6O3S. The van der Waals surface area contributed by atoms with Gasteiger partial charge in [-0.15, -0.1) is 0 Å². The van der Waals surface area contributed by atoms with Gasteiger partial charge in [-0.3, -0.25) is 9.48 Å². The molecule has 3 aromatic rings. The quantitative estimate of drug-likeness (QED) is 0.594. The molecule has 2 aliphatic rings. The van der Waals surface area contributed by atoms with Gasteiger partial charge in [0, 0.05) is 26.0 Å². The largest absolute Gasteiger partial charge is 0.338 e. The van der Waals surface area contributed by atoms with Crippen LogP contribution >= 0.6 is 0 Å². The molecule has 0 radical (unpaired) electrons. The molecule has 9 nitrogen and oxygen atoms in total. The van der Waals surface area contributed by atoms with Crippen molar-refractivity contribution in [1.29, 1.82) is 5.26 Å². The van der Waals surface area contributed by atoms with E-state index in [2.05, 4.69) is 16.4 Å². The first kappa shape index (κ1) is 21.7. The van der Waals surface area contributed by atoms with Gasteiger partial charge in [-0.1, -0.05) is 0 Å². The van der Waals surface area contributed by atoms with Gasteiger partial charge in [-0.25, -0.2) is 12.7 Å². The van der Waals surface area contributed by atoms with E-state index in [0.29, 0.717) is 27.8 Å². The number of nitrogens with one attached hydrogen (secondary N) is 2. The van der Waals surface area contributed by atoms with Gasteiger partial charge in [-0.05, 0) is 67.9 Å². The minimum absolute atomic E-state index is 0.0892. The van der Waals surface area contributed by atoms with Crippen molar-refractivity contribution in [1.82, 2.24) is 19.1 Å². The van der Waals surface area contributed by atoms with Crippen LogP contribution in [-0.2, 0) is 10.0 Å². The maximum absolute atomic E-state index is 12.7. The van der Waals surface area contributed by atoms with Crippen LogP contribution in [0.1, 0.15) is 38.1 Å². The molecule has 2 aromatic heterocycles. The van der Waals surface area contributed by atoms with Gasteiger partial charge in [0.2, 0.25) is 10.0 Å². The van der Waals surface area contributed by atoms with Gasteiger partial charge in [0.15, 0.2) is 5.82 Å². The summed E-state index contributed by atoms with van der Waals surface area (Å²) in [6.45, 7) is 0. The van der Waals surface area contributed by atoms with Crippen LogP contribution in [0.15, 0.2) is 46.2 Å². The Labute approximate surface area is 192 Å². The normalized spacial score (nSPS) is 21.9. The van der Waals surface area contributed by atoms with Gasteiger partial charge in [0.25, 0.3) is 5.56 Å². The minimum Gasteiger partial charge on any atom is -0.338 e. The standard InChI is InChI=1S/C23H26N6O3S/c1-28(2)33(31,32)17-5-3-16(4-6-17)26-21-20-19(8-12-25-22(20)30)29(27-21)18-7-9-23(10-11-23)13-15(18)14-24/h3-6,8,12,15,18H,7,9-11,13H2,1-2H3,(H,25,30)(H,26,27). The van der Waals surface area contributed by atoms with Crippen LogP contribution in [0.25, 0.3) is 10.9 Å². The molecule has 2 unspecified atom stereocenters. The lowest BCUT2D eigenvalue weighted by molar-refractivity contribution is 0.200. The summed E-state index contributed by atoms with van der Waals surface area (Å²) in [5, 5.41) is 18.2. The highest BCUT2D eigenvalue weighted by molar-refractivity contribution is 7.89. The van der Waals surface area contributed by atoms with E-state index in [0.717, 1.165) is 23.6 Å². The Morgan fingerprint density at radius 2 is 1.94 bits per heavy atom. The zero-order valence-corrected chi connectivity index (χ0v) is 19.4. The zero-order chi connectivity index (χ0) is 23.4. The van der Waals surface area contributed by atoms with Gasteiger partial charge in [0.1, 0.15) is 5.39 Å². The minimum atomic E-state index is -3.53. The number of rotatable bonds is 5. The van der Waals surface area contributed by atoms with Crippen molar-refractivity contribution >= 4 is 32.4 Å². The van der Waals surface area contributed by atoms with Crippen LogP contribution in [0.4, 0.5) is 11.5 Å². The second-order valence-electron chi connectivity index (χ2n) is 9.34. The number of aromatic nitrogens is 3. The fourth-order valence-corrected chi connectivity index (χ4v) is 5.81. The Morgan fingerprint density at radius 1 is 1.21 bits per heavy atom. The summed E-state index contributed by atoms with van der Waals surface area (Å²) in [6, 6.07) is 10.5. The number of benzene rings is 1. The lowest BCUT2D eigenvalue weighted by atomic mass is 9.76. The Kier molecular flexibility index (Phi) is 5.06. The van der Waals surface area contributed by atoms with E-state index in [1.165, 1.54) is 39.1 Å². The monoisotopic (exact) mass is 466 g/mol. The van der Waals surface area contributed by atoms with Crippen LogP contribution in [0, 0.1) is 22.7 Å². The van der Waals surface area contributed by atoms with E-state index in [-0.39, 0.29) is 22.4 Å². The highest BCUT2D eigenvalue weighted by Crippen LogP contribution is 2.59. The number of fused-ring (bicyclic) bond motifs is 1. The number of sulfonamides is 1. The van der Waals surface area contributed by atoms with Crippen molar-refractivity contribution in [3.05, 3.63) is 46.9 Å². The molecule has 2 N–H and O–H groups in total. The predicted octanol–water partition coefficient (Wildman–Crippen LogP) is 3.36. The van der Waals surface area contributed by atoms with E-state index < -0.39 is 10.0 Å². The maximum atomic E-state index is 12.7. The van der Waals surface area contributed by atoms with Crippen LogP contribution < -0.4 is 10.9 Å². The van der Waals surface area contributed by atoms with Crippen LogP contribution in [0.3, 0.4) is 0 Å². The number of nitriles is 1. The molecule has 1 aromatic carbocycles. The SMILES string of the molecule is CN(C)S(=O)(=O)c1ccc(Nc2nn(C3CCC4(CC4)CC3C#N)c3cc[nH]c(=O)c23)cc1. The molecule has 2 aliphatic carbocycles. The summed E-state index contributed by atoms with van der Waals surface area (Å²) in [4.78, 5) is 15.6. The Hall–Kier alpha value is -3.16. The lowest BCUT2D eigenvalue weighted by Crippen LogP contribution is -2.28. The first-order valence-corrected chi connectivity index (χ1v) is 12.5. The number of hydrogen-bond donors (Lipinski definition) is 2. The van der Waals surface area contributed by atoms with E-state index in [4.69, 9.17) is 5.10 Å². The summed E-state index contributed by atoms with van der Waals surface area (Å²) < 4.78 is 27.6. The molecule has 0 bridgehead atoms. The smallest absolute Gasteiger partial charge is 0.261 e. The van der Waals surface area contributed by atoms with Crippen molar-refractivity contribution in [2.75, 3.05) is 19.4 Å². The first-order valence-electron chi connectivity index (χ1n) is 11.0. The van der Waals surface area contributed by atoms with E-state index in [9.17, 15) is 18.5 Å². The third kappa shape index (κ3) is 3.71. The predicted molar refractivity (Wildman–Crippen MR) is 125 cm³/mol. The van der Waals surface area contributed by atoms with Gasteiger partial charge < -0.3 is 10.3 Å². The molecule has 10 heteroatoms. The Balaban J connectivity index is 1.51. The van der Waals surface area contributed by atoms with Crippen LogP contribution in [0.2, 0.25) is 0 Å². The second kappa shape index (κ2) is 7.71. The van der Waals surface area contributed by atoms with Crippen molar-refractivity contribution in [2.24, 2.45) is 11.3 Å². The van der Waals surface area contributed by atoms with Crippen molar-refractivity contribution in [3.8, 4) is 6.07 Å². The average Bonchev–Trinajstić information content (AvgIpc) is 3.45. The average molecular weight is 467 g/mol. The third-order valence-corrected chi connectivity index (χ3v) is 8.88. The van der Waals surface area contributed by atoms with Gasteiger partial charge in [-0.2, -0.15) is 10.4 Å². The van der Waals surface area contributed by atoms with Crippen molar-refractivity contribution in [2.45, 2.75) is 43.0 Å². The fourth-order valence-electron chi connectivity index (χ4n) is 4.91. The number of hydrogen-bond acceptors (Lipinski definition) is 6. The number of anilines is 2.